The van der Waals surface area contributed by atoms with Crippen LogP contribution in [0.1, 0.15) is 58.5 Å². The van der Waals surface area contributed by atoms with Crippen LogP contribution in [0.25, 0.3) is 0 Å². The Balaban J connectivity index is 0.00000280. The minimum Gasteiger partial charge on any atom is -0.493 e. The molecule has 0 N–H and O–H groups in total. The molecular formula is C31H45ClFN3O3. The first-order valence-electron chi connectivity index (χ1n) is 14.1. The number of halogens is 2. The van der Waals surface area contributed by atoms with Crippen LogP contribution in [-0.2, 0) is 22.6 Å². The van der Waals surface area contributed by atoms with Gasteiger partial charge in [-0.2, -0.15) is 0 Å². The third-order valence-corrected chi connectivity index (χ3v) is 7.52. The van der Waals surface area contributed by atoms with Gasteiger partial charge in [-0.15, -0.1) is 12.4 Å². The maximum absolute atomic E-state index is 13.6. The molecule has 2 saturated heterocycles. The predicted molar refractivity (Wildman–Crippen MR) is 157 cm³/mol. The molecule has 0 unspecified atom stereocenters. The van der Waals surface area contributed by atoms with Crippen LogP contribution in [0.5, 0.6) is 5.75 Å². The molecule has 2 aromatic rings. The third-order valence-electron chi connectivity index (χ3n) is 7.52. The minimum atomic E-state index is -0.268. The number of carbonyl (C=O) groups excluding carboxylic acids is 2. The molecule has 0 radical (unpaired) electrons. The fourth-order valence-electron chi connectivity index (χ4n) is 5.33. The fourth-order valence-corrected chi connectivity index (χ4v) is 5.33. The van der Waals surface area contributed by atoms with Crippen LogP contribution in [0.15, 0.2) is 48.5 Å². The van der Waals surface area contributed by atoms with Crippen molar-refractivity contribution in [3.05, 3.63) is 65.5 Å². The number of hydrogen-bond donors (Lipinski definition) is 0. The van der Waals surface area contributed by atoms with E-state index in [0.29, 0.717) is 31.9 Å². The molecule has 0 aromatic heterocycles. The van der Waals surface area contributed by atoms with Crippen LogP contribution in [0.2, 0.25) is 0 Å². The molecule has 39 heavy (non-hydrogen) atoms. The predicted octanol–water partition coefficient (Wildman–Crippen LogP) is 5.58. The Morgan fingerprint density at radius 3 is 2.31 bits per heavy atom. The summed E-state index contributed by atoms with van der Waals surface area (Å²) < 4.78 is 19.3. The van der Waals surface area contributed by atoms with Gasteiger partial charge in [-0.1, -0.05) is 38.1 Å². The first-order chi connectivity index (χ1) is 18.4. The Morgan fingerprint density at radius 1 is 1.03 bits per heavy atom. The molecule has 2 aliphatic heterocycles. The van der Waals surface area contributed by atoms with Gasteiger partial charge in [0.15, 0.2) is 0 Å². The Kier molecular flexibility index (Phi) is 12.1. The van der Waals surface area contributed by atoms with E-state index in [1.165, 1.54) is 12.1 Å². The molecule has 0 aliphatic carbocycles. The average molecular weight is 562 g/mol. The Morgan fingerprint density at radius 2 is 1.69 bits per heavy atom. The highest BCUT2D eigenvalue weighted by atomic mass is 35.5. The zero-order valence-electron chi connectivity index (χ0n) is 23.3. The zero-order chi connectivity index (χ0) is 26.9. The molecule has 2 aromatic carbocycles. The number of hydrogen-bond acceptors (Lipinski definition) is 4. The highest BCUT2D eigenvalue weighted by Gasteiger charge is 2.28. The first-order valence-corrected chi connectivity index (χ1v) is 14.1. The smallest absolute Gasteiger partial charge is 0.227 e. The lowest BCUT2D eigenvalue weighted by atomic mass is 10.0. The number of amides is 2. The molecule has 0 bridgehead atoms. The van der Waals surface area contributed by atoms with Crippen molar-refractivity contribution in [1.82, 2.24) is 14.7 Å². The van der Waals surface area contributed by atoms with Gasteiger partial charge < -0.3 is 19.4 Å². The normalized spacial score (nSPS) is 16.4. The van der Waals surface area contributed by atoms with E-state index in [2.05, 4.69) is 18.7 Å². The lowest BCUT2D eigenvalue weighted by Crippen LogP contribution is -2.48. The van der Waals surface area contributed by atoms with Crippen LogP contribution in [0.3, 0.4) is 0 Å². The van der Waals surface area contributed by atoms with Crippen molar-refractivity contribution >= 4 is 24.2 Å². The largest absolute Gasteiger partial charge is 0.493 e. The number of carbonyl (C=O) groups is 2. The van der Waals surface area contributed by atoms with Gasteiger partial charge in [0, 0.05) is 46.6 Å². The highest BCUT2D eigenvalue weighted by Crippen LogP contribution is 2.22. The van der Waals surface area contributed by atoms with Crippen molar-refractivity contribution in [3.63, 3.8) is 0 Å². The number of nitrogens with zero attached hydrogens (tertiary/aromatic N) is 3. The SMILES string of the molecule is CC(C)COc1ccc(CC(=O)N(Cc2ccc(F)cc2)C2CCN(CCCN3CCCC3=O)CC2)cc1.Cl.[HH]. The second-order valence-electron chi connectivity index (χ2n) is 11.1. The van der Waals surface area contributed by atoms with E-state index in [-0.39, 0.29) is 37.5 Å². The van der Waals surface area contributed by atoms with Gasteiger partial charge in [-0.25, -0.2) is 4.39 Å². The molecule has 6 nitrogen and oxygen atoms in total. The van der Waals surface area contributed by atoms with Gasteiger partial charge in [0.25, 0.3) is 0 Å². The molecule has 0 atom stereocenters. The lowest BCUT2D eigenvalue weighted by Gasteiger charge is -2.39. The van der Waals surface area contributed by atoms with E-state index >= 15 is 0 Å². The van der Waals surface area contributed by atoms with Gasteiger partial charge in [0.1, 0.15) is 11.6 Å². The maximum Gasteiger partial charge on any atom is 0.227 e. The summed E-state index contributed by atoms with van der Waals surface area (Å²) in [4.78, 5) is 31.9. The van der Waals surface area contributed by atoms with Gasteiger partial charge in [-0.3, -0.25) is 9.59 Å². The van der Waals surface area contributed by atoms with Crippen LogP contribution < -0.4 is 4.74 Å². The molecule has 0 spiro atoms. The number of ether oxygens (including phenoxy) is 1. The Hall–Kier alpha value is -2.64. The maximum atomic E-state index is 13.6. The molecule has 2 fully saturated rings. The Labute approximate surface area is 240 Å². The molecule has 216 valence electrons. The molecule has 8 heteroatoms. The fraction of sp³-hybridized carbons (Fsp3) is 0.548. The summed E-state index contributed by atoms with van der Waals surface area (Å²) in [5.74, 6) is 1.39. The zero-order valence-corrected chi connectivity index (χ0v) is 24.1. The van der Waals surface area contributed by atoms with E-state index in [4.69, 9.17) is 4.74 Å². The van der Waals surface area contributed by atoms with Crippen LogP contribution in [0.4, 0.5) is 4.39 Å². The monoisotopic (exact) mass is 561 g/mol. The number of benzene rings is 2. The molecule has 2 heterocycles. The van der Waals surface area contributed by atoms with Crippen molar-refractivity contribution in [1.29, 1.82) is 0 Å². The number of likely N-dealkylation sites (tertiary alicyclic amines) is 2. The molecular weight excluding hydrogens is 517 g/mol. The number of rotatable bonds is 12. The molecule has 2 amide bonds. The molecule has 2 aliphatic rings. The summed E-state index contributed by atoms with van der Waals surface area (Å²) in [5.41, 5.74) is 1.90. The van der Waals surface area contributed by atoms with Gasteiger partial charge in [0.2, 0.25) is 11.8 Å². The minimum absolute atomic E-state index is 0. The third kappa shape index (κ3) is 9.50. The lowest BCUT2D eigenvalue weighted by molar-refractivity contribution is -0.134. The highest BCUT2D eigenvalue weighted by molar-refractivity contribution is 5.85. The summed E-state index contributed by atoms with van der Waals surface area (Å²) in [6.07, 6.45) is 4.83. The van der Waals surface area contributed by atoms with E-state index in [1.54, 1.807) is 12.1 Å². The average Bonchev–Trinajstić information content (AvgIpc) is 3.32. The second-order valence-corrected chi connectivity index (χ2v) is 11.1. The van der Waals surface area contributed by atoms with Crippen molar-refractivity contribution in [3.8, 4) is 5.75 Å². The van der Waals surface area contributed by atoms with E-state index in [0.717, 1.165) is 75.3 Å². The Bertz CT molecular complexity index is 1050. The summed E-state index contributed by atoms with van der Waals surface area (Å²) >= 11 is 0. The van der Waals surface area contributed by atoms with Crippen molar-refractivity contribution < 1.29 is 20.1 Å². The quantitative estimate of drug-likeness (QED) is 0.340. The standard InChI is InChI=1S/C31H42FN3O3.ClH.H2/c1-24(2)23-38-29-12-8-25(9-13-29)21-31(37)35(22-26-6-10-27(32)11-7-26)28-14-19-33(20-15-28)16-4-18-34-17-3-5-30(34)36;;/h6-13,24,28H,3-5,14-23H2,1-2H3;2*1H. The van der Waals surface area contributed by atoms with E-state index in [1.807, 2.05) is 34.1 Å². The van der Waals surface area contributed by atoms with Gasteiger partial charge in [-0.05, 0) is 73.5 Å². The van der Waals surface area contributed by atoms with Gasteiger partial charge >= 0.3 is 0 Å². The first kappa shape index (κ1) is 30.9. The van der Waals surface area contributed by atoms with Crippen molar-refractivity contribution in [2.24, 2.45) is 5.92 Å². The summed E-state index contributed by atoms with van der Waals surface area (Å²) in [6, 6.07) is 14.4. The second kappa shape index (κ2) is 15.2. The molecule has 0 saturated carbocycles. The summed E-state index contributed by atoms with van der Waals surface area (Å²) in [6.45, 7) is 9.97. The van der Waals surface area contributed by atoms with Crippen LogP contribution in [-0.4, -0.2) is 71.9 Å². The van der Waals surface area contributed by atoms with E-state index < -0.39 is 0 Å². The van der Waals surface area contributed by atoms with Crippen molar-refractivity contribution in [2.75, 3.05) is 39.3 Å². The summed E-state index contributed by atoms with van der Waals surface area (Å²) in [7, 11) is 0. The number of piperidine rings is 1. The topological polar surface area (TPSA) is 53.1 Å². The molecule has 4 rings (SSSR count). The van der Waals surface area contributed by atoms with Crippen molar-refractivity contribution in [2.45, 2.75) is 65.0 Å². The summed E-state index contributed by atoms with van der Waals surface area (Å²) in [5, 5.41) is 0. The van der Waals surface area contributed by atoms with E-state index in [9.17, 15) is 14.0 Å². The van der Waals surface area contributed by atoms with Crippen LogP contribution in [0, 0.1) is 11.7 Å². The van der Waals surface area contributed by atoms with Gasteiger partial charge in [0.05, 0.1) is 13.0 Å². The van der Waals surface area contributed by atoms with Crippen LogP contribution >= 0.6 is 12.4 Å².